The van der Waals surface area contributed by atoms with E-state index in [0.717, 1.165) is 18.4 Å². The molecule has 0 N–H and O–H groups in total. The van der Waals surface area contributed by atoms with Gasteiger partial charge in [0.1, 0.15) is 0 Å². The zero-order valence-corrected chi connectivity index (χ0v) is 8.37. The molecule has 2 aliphatic rings. The van der Waals surface area contributed by atoms with Crippen LogP contribution in [0.25, 0.3) is 0 Å². The van der Waals surface area contributed by atoms with Crippen molar-refractivity contribution in [3.63, 3.8) is 0 Å². The zero-order valence-electron chi connectivity index (χ0n) is 8.37. The van der Waals surface area contributed by atoms with Gasteiger partial charge in [-0.15, -0.1) is 0 Å². The minimum Gasteiger partial charge on any atom is -0.284 e. The van der Waals surface area contributed by atoms with Crippen molar-refractivity contribution in [2.45, 2.75) is 51.1 Å². The van der Waals surface area contributed by atoms with Crippen molar-refractivity contribution in [1.29, 1.82) is 5.26 Å². The number of nitriles is 1. The molecule has 72 valence electrons. The van der Waals surface area contributed by atoms with Gasteiger partial charge < -0.3 is 0 Å². The minimum atomic E-state index is 0.194. The van der Waals surface area contributed by atoms with E-state index in [1.165, 1.54) is 32.2 Å². The van der Waals surface area contributed by atoms with Gasteiger partial charge in [-0.3, -0.25) is 4.90 Å². The molecule has 1 saturated heterocycles. The number of hydrogen-bond acceptors (Lipinski definition) is 2. The third-order valence-corrected chi connectivity index (χ3v) is 3.68. The normalized spacial score (nSPS) is 35.7. The highest BCUT2D eigenvalue weighted by Crippen LogP contribution is 2.38. The van der Waals surface area contributed by atoms with Gasteiger partial charge in [-0.2, -0.15) is 5.26 Å². The Morgan fingerprint density at radius 3 is 2.85 bits per heavy atom. The van der Waals surface area contributed by atoms with Crippen LogP contribution in [-0.4, -0.2) is 23.5 Å². The minimum absolute atomic E-state index is 0.194. The fraction of sp³-hybridized carbons (Fsp3) is 0.909. The second-order valence-corrected chi connectivity index (χ2v) is 4.36. The number of likely N-dealkylation sites (tertiary alicyclic amines) is 1. The van der Waals surface area contributed by atoms with Crippen molar-refractivity contribution in [1.82, 2.24) is 4.90 Å². The largest absolute Gasteiger partial charge is 0.284 e. The highest BCUT2D eigenvalue weighted by molar-refractivity contribution is 5.03. The van der Waals surface area contributed by atoms with Gasteiger partial charge in [-0.1, -0.05) is 19.8 Å². The topological polar surface area (TPSA) is 27.0 Å². The molecule has 0 radical (unpaired) electrons. The summed E-state index contributed by atoms with van der Waals surface area (Å²) in [5.41, 5.74) is 0. The molecule has 1 heterocycles. The van der Waals surface area contributed by atoms with Crippen molar-refractivity contribution in [2.24, 2.45) is 5.92 Å². The molecule has 0 aromatic rings. The molecule has 0 aromatic carbocycles. The van der Waals surface area contributed by atoms with E-state index in [9.17, 15) is 0 Å². The van der Waals surface area contributed by atoms with E-state index in [-0.39, 0.29) is 6.04 Å². The Balaban J connectivity index is 1.93. The van der Waals surface area contributed by atoms with Crippen LogP contribution in [-0.2, 0) is 0 Å². The Morgan fingerprint density at radius 2 is 2.23 bits per heavy atom. The van der Waals surface area contributed by atoms with E-state index < -0.39 is 0 Å². The third-order valence-electron chi connectivity index (χ3n) is 3.68. The van der Waals surface area contributed by atoms with Gasteiger partial charge in [0.2, 0.25) is 0 Å². The molecular weight excluding hydrogens is 160 g/mol. The van der Waals surface area contributed by atoms with Crippen LogP contribution >= 0.6 is 0 Å². The molecule has 2 rings (SSSR count). The number of rotatable bonds is 2. The van der Waals surface area contributed by atoms with Crippen molar-refractivity contribution in [3.05, 3.63) is 0 Å². The first kappa shape index (κ1) is 9.02. The molecule has 1 saturated carbocycles. The molecule has 13 heavy (non-hydrogen) atoms. The molecule has 0 bridgehead atoms. The van der Waals surface area contributed by atoms with Crippen LogP contribution in [0.2, 0.25) is 0 Å². The molecule has 3 unspecified atom stereocenters. The monoisotopic (exact) mass is 178 g/mol. The molecule has 0 amide bonds. The van der Waals surface area contributed by atoms with E-state index in [4.69, 9.17) is 5.26 Å². The van der Waals surface area contributed by atoms with Crippen LogP contribution in [0.1, 0.15) is 39.0 Å². The van der Waals surface area contributed by atoms with Gasteiger partial charge in [0.25, 0.3) is 0 Å². The van der Waals surface area contributed by atoms with Gasteiger partial charge in [0, 0.05) is 12.6 Å². The first-order chi connectivity index (χ1) is 6.36. The summed E-state index contributed by atoms with van der Waals surface area (Å²) in [5, 5.41) is 8.96. The van der Waals surface area contributed by atoms with Crippen LogP contribution in [0.3, 0.4) is 0 Å². The van der Waals surface area contributed by atoms with E-state index in [1.54, 1.807) is 0 Å². The Kier molecular flexibility index (Phi) is 2.55. The lowest BCUT2D eigenvalue weighted by molar-refractivity contribution is -0.0328. The lowest BCUT2D eigenvalue weighted by Gasteiger charge is -2.52. The van der Waals surface area contributed by atoms with E-state index in [1.807, 2.05) is 0 Å². The van der Waals surface area contributed by atoms with Gasteiger partial charge in [0.15, 0.2) is 0 Å². The van der Waals surface area contributed by atoms with Gasteiger partial charge in [-0.25, -0.2) is 0 Å². The summed E-state index contributed by atoms with van der Waals surface area (Å²) >= 11 is 0. The predicted octanol–water partition coefficient (Wildman–Crippen LogP) is 2.16. The Labute approximate surface area is 80.5 Å². The molecule has 1 aliphatic carbocycles. The van der Waals surface area contributed by atoms with Crippen molar-refractivity contribution < 1.29 is 0 Å². The maximum atomic E-state index is 8.96. The molecule has 0 aromatic heterocycles. The number of hydrogen-bond donors (Lipinski definition) is 0. The standard InChI is InChI=1S/C11H18N2/c1-2-10(7-12)13-8-9-5-3-4-6-11(9)13/h9-11H,2-6,8H2,1H3. The second kappa shape index (κ2) is 3.67. The maximum Gasteiger partial charge on any atom is 0.0977 e. The summed E-state index contributed by atoms with van der Waals surface area (Å²) in [5.74, 6) is 0.927. The van der Waals surface area contributed by atoms with Crippen LogP contribution < -0.4 is 0 Å². The smallest absolute Gasteiger partial charge is 0.0977 e. The molecule has 1 aliphatic heterocycles. The van der Waals surface area contributed by atoms with Crippen LogP contribution in [0.4, 0.5) is 0 Å². The summed E-state index contributed by atoms with van der Waals surface area (Å²) in [7, 11) is 0. The van der Waals surface area contributed by atoms with Crippen molar-refractivity contribution in [2.75, 3.05) is 6.54 Å². The summed E-state index contributed by atoms with van der Waals surface area (Å²) in [4.78, 5) is 2.42. The predicted molar refractivity (Wildman–Crippen MR) is 52.1 cm³/mol. The van der Waals surface area contributed by atoms with Crippen LogP contribution in [0, 0.1) is 17.2 Å². The highest BCUT2D eigenvalue weighted by atomic mass is 15.3. The average Bonchev–Trinajstić information content (AvgIpc) is 2.14. The number of nitrogens with zero attached hydrogens (tertiary/aromatic N) is 2. The van der Waals surface area contributed by atoms with E-state index >= 15 is 0 Å². The molecular formula is C11H18N2. The molecule has 3 atom stereocenters. The lowest BCUT2D eigenvalue weighted by Crippen LogP contribution is -2.60. The molecule has 0 spiro atoms. The third kappa shape index (κ3) is 1.46. The number of fused-ring (bicyclic) bond motifs is 1. The fourth-order valence-corrected chi connectivity index (χ4v) is 2.86. The zero-order chi connectivity index (χ0) is 9.26. The quantitative estimate of drug-likeness (QED) is 0.648. The first-order valence-corrected chi connectivity index (χ1v) is 5.52. The van der Waals surface area contributed by atoms with Gasteiger partial charge in [-0.05, 0) is 25.2 Å². The SMILES string of the molecule is CCC(C#N)N1CC2CCCCC21. The van der Waals surface area contributed by atoms with E-state index in [0.29, 0.717) is 0 Å². The van der Waals surface area contributed by atoms with Gasteiger partial charge in [0.05, 0.1) is 12.1 Å². The van der Waals surface area contributed by atoms with E-state index in [2.05, 4.69) is 17.9 Å². The highest BCUT2D eigenvalue weighted by Gasteiger charge is 2.42. The summed E-state index contributed by atoms with van der Waals surface area (Å²) in [6.07, 6.45) is 6.52. The maximum absolute atomic E-state index is 8.96. The van der Waals surface area contributed by atoms with Crippen LogP contribution in [0.5, 0.6) is 0 Å². The Bertz CT molecular complexity index is 219. The fourth-order valence-electron chi connectivity index (χ4n) is 2.86. The summed E-state index contributed by atoms with van der Waals surface area (Å²) < 4.78 is 0. The molecule has 2 nitrogen and oxygen atoms in total. The van der Waals surface area contributed by atoms with Gasteiger partial charge >= 0.3 is 0 Å². The Hall–Kier alpha value is -0.550. The average molecular weight is 178 g/mol. The summed E-state index contributed by atoms with van der Waals surface area (Å²) in [6, 6.07) is 3.37. The lowest BCUT2D eigenvalue weighted by atomic mass is 9.76. The van der Waals surface area contributed by atoms with Crippen molar-refractivity contribution >= 4 is 0 Å². The van der Waals surface area contributed by atoms with Crippen LogP contribution in [0.15, 0.2) is 0 Å². The molecule has 2 fully saturated rings. The molecule has 2 heteroatoms. The second-order valence-electron chi connectivity index (χ2n) is 4.36. The van der Waals surface area contributed by atoms with Crippen molar-refractivity contribution in [3.8, 4) is 6.07 Å². The first-order valence-electron chi connectivity index (χ1n) is 5.52. The summed E-state index contributed by atoms with van der Waals surface area (Å²) in [6.45, 7) is 3.31. The Morgan fingerprint density at radius 1 is 1.46 bits per heavy atom.